The molecule has 3 aromatic rings. The van der Waals surface area contributed by atoms with Crippen molar-refractivity contribution >= 4 is 43.1 Å². The van der Waals surface area contributed by atoms with Gasteiger partial charge in [0, 0.05) is 10.4 Å². The molecule has 0 aliphatic heterocycles. The van der Waals surface area contributed by atoms with E-state index >= 15 is 0 Å². The van der Waals surface area contributed by atoms with Crippen molar-refractivity contribution in [3.05, 3.63) is 59.4 Å². The van der Waals surface area contributed by atoms with Crippen molar-refractivity contribution in [2.45, 2.75) is 11.1 Å². The number of aromatic carboxylic acids is 1. The summed E-state index contributed by atoms with van der Waals surface area (Å²) in [7, 11) is -3.91. The number of aryl methyl sites for hydroxylation is 1. The summed E-state index contributed by atoms with van der Waals surface area (Å²) >= 11 is 1.04. The third kappa shape index (κ3) is 2.98. The Labute approximate surface area is 141 Å². The first kappa shape index (κ1) is 16.4. The number of anilines is 1. The molecule has 2 aromatic carbocycles. The van der Waals surface area contributed by atoms with Gasteiger partial charge in [-0.3, -0.25) is 4.72 Å². The monoisotopic (exact) mass is 365 g/mol. The topological polar surface area (TPSA) is 83.5 Å². The molecule has 0 spiro atoms. The van der Waals surface area contributed by atoms with Gasteiger partial charge in [-0.15, -0.1) is 11.3 Å². The number of hydrogen-bond acceptors (Lipinski definition) is 4. The molecule has 1 aromatic heterocycles. The molecule has 1 heterocycles. The van der Waals surface area contributed by atoms with E-state index in [0.717, 1.165) is 11.3 Å². The third-order valence-electron chi connectivity index (χ3n) is 3.46. The highest BCUT2D eigenvalue weighted by Gasteiger charge is 2.22. The van der Waals surface area contributed by atoms with Gasteiger partial charge in [-0.25, -0.2) is 17.6 Å². The molecule has 0 aliphatic carbocycles. The summed E-state index contributed by atoms with van der Waals surface area (Å²) in [5.74, 6) is -1.58. The number of fused-ring (bicyclic) bond motifs is 1. The molecule has 8 heteroatoms. The van der Waals surface area contributed by atoms with Crippen LogP contribution in [0.25, 0.3) is 10.1 Å². The second-order valence-corrected chi connectivity index (χ2v) is 8.08. The van der Waals surface area contributed by atoms with Crippen LogP contribution < -0.4 is 4.72 Å². The minimum absolute atomic E-state index is 0.0228. The zero-order chi connectivity index (χ0) is 17.5. The average molecular weight is 365 g/mol. The zero-order valence-corrected chi connectivity index (χ0v) is 14.0. The van der Waals surface area contributed by atoms with Crippen LogP contribution >= 0.6 is 11.3 Å². The van der Waals surface area contributed by atoms with Crippen molar-refractivity contribution < 1.29 is 22.7 Å². The first-order valence-corrected chi connectivity index (χ1v) is 9.13. The van der Waals surface area contributed by atoms with Crippen molar-refractivity contribution in [2.75, 3.05) is 4.72 Å². The Morgan fingerprint density at radius 1 is 1.21 bits per heavy atom. The van der Waals surface area contributed by atoms with Crippen molar-refractivity contribution in [2.24, 2.45) is 0 Å². The van der Waals surface area contributed by atoms with Gasteiger partial charge in [0.05, 0.1) is 5.56 Å². The maximum absolute atomic E-state index is 13.4. The Morgan fingerprint density at radius 3 is 2.67 bits per heavy atom. The van der Waals surface area contributed by atoms with Crippen LogP contribution in [-0.2, 0) is 10.0 Å². The van der Waals surface area contributed by atoms with Gasteiger partial charge in [-0.1, -0.05) is 6.07 Å². The van der Waals surface area contributed by atoms with Gasteiger partial charge in [0.2, 0.25) is 0 Å². The minimum atomic E-state index is -3.91. The number of benzene rings is 2. The van der Waals surface area contributed by atoms with Gasteiger partial charge >= 0.3 is 5.97 Å². The Hall–Kier alpha value is -2.45. The van der Waals surface area contributed by atoms with Gasteiger partial charge in [-0.05, 0) is 54.3 Å². The van der Waals surface area contributed by atoms with E-state index in [2.05, 4.69) is 4.72 Å². The summed E-state index contributed by atoms with van der Waals surface area (Å²) in [6.07, 6.45) is 0. The number of carboxylic acid groups (broad SMARTS) is 1. The number of sulfonamides is 1. The van der Waals surface area contributed by atoms with Gasteiger partial charge in [0.25, 0.3) is 10.0 Å². The summed E-state index contributed by atoms with van der Waals surface area (Å²) in [6, 6.07) is 9.63. The van der Waals surface area contributed by atoms with E-state index in [1.54, 1.807) is 6.92 Å². The Morgan fingerprint density at radius 2 is 1.96 bits per heavy atom. The van der Waals surface area contributed by atoms with E-state index in [9.17, 15) is 17.6 Å². The van der Waals surface area contributed by atoms with Crippen LogP contribution in [0.1, 0.15) is 15.9 Å². The second-order valence-electron chi connectivity index (χ2n) is 5.15. The highest BCUT2D eigenvalue weighted by Crippen LogP contribution is 2.35. The summed E-state index contributed by atoms with van der Waals surface area (Å²) < 4.78 is 41.7. The van der Waals surface area contributed by atoms with E-state index in [1.807, 2.05) is 0 Å². The molecule has 124 valence electrons. The molecule has 2 N–H and O–H groups in total. The molecule has 0 fully saturated rings. The number of halogens is 1. The van der Waals surface area contributed by atoms with Crippen molar-refractivity contribution in [1.29, 1.82) is 0 Å². The summed E-state index contributed by atoms with van der Waals surface area (Å²) in [6.45, 7) is 1.61. The summed E-state index contributed by atoms with van der Waals surface area (Å²) in [5.41, 5.74) is 0.583. The predicted octanol–water partition coefficient (Wildman–Crippen LogP) is 3.85. The lowest BCUT2D eigenvalue weighted by Gasteiger charge is -2.08. The van der Waals surface area contributed by atoms with E-state index in [1.165, 1.54) is 42.5 Å². The summed E-state index contributed by atoms with van der Waals surface area (Å²) in [5, 5.41) is 9.52. The number of nitrogens with one attached hydrogen (secondary N) is 1. The maximum atomic E-state index is 13.4. The van der Waals surface area contributed by atoms with Gasteiger partial charge < -0.3 is 5.11 Å². The van der Waals surface area contributed by atoms with E-state index in [-0.39, 0.29) is 15.5 Å². The van der Waals surface area contributed by atoms with Crippen LogP contribution in [0.15, 0.2) is 46.7 Å². The lowest BCUT2D eigenvalue weighted by molar-refractivity contribution is 0.0697. The van der Waals surface area contributed by atoms with E-state index in [4.69, 9.17) is 5.11 Å². The van der Waals surface area contributed by atoms with Gasteiger partial charge in [0.1, 0.15) is 10.0 Å². The van der Waals surface area contributed by atoms with Crippen molar-refractivity contribution in [3.8, 4) is 0 Å². The molecule has 0 aliphatic rings. The first-order valence-electron chi connectivity index (χ1n) is 6.83. The second kappa shape index (κ2) is 5.88. The highest BCUT2D eigenvalue weighted by atomic mass is 32.2. The molecule has 0 amide bonds. The number of carbonyl (C=O) groups is 1. The molecule has 3 rings (SSSR count). The lowest BCUT2D eigenvalue weighted by atomic mass is 10.2. The molecule has 0 unspecified atom stereocenters. The van der Waals surface area contributed by atoms with Gasteiger partial charge in [-0.2, -0.15) is 0 Å². The Kier molecular flexibility index (Phi) is 4.02. The van der Waals surface area contributed by atoms with Crippen LogP contribution in [0, 0.1) is 12.7 Å². The van der Waals surface area contributed by atoms with Crippen LogP contribution in [0.3, 0.4) is 0 Å². The molecular formula is C16H12FNO4S2. The maximum Gasteiger partial charge on any atom is 0.335 e. The SMILES string of the molecule is Cc1c(S(=O)(=O)Nc2cccc(C(=O)O)c2)sc2ccc(F)cc12. The molecule has 0 radical (unpaired) electrons. The largest absolute Gasteiger partial charge is 0.478 e. The molecule has 0 atom stereocenters. The molecule has 0 saturated carbocycles. The molecular weight excluding hydrogens is 353 g/mol. The molecule has 5 nitrogen and oxygen atoms in total. The quantitative estimate of drug-likeness (QED) is 0.736. The predicted molar refractivity (Wildman–Crippen MR) is 90.7 cm³/mol. The number of carboxylic acids is 1. The Bertz CT molecular complexity index is 1060. The van der Waals surface area contributed by atoms with Gasteiger partial charge in [0.15, 0.2) is 0 Å². The fourth-order valence-electron chi connectivity index (χ4n) is 2.34. The fourth-order valence-corrected chi connectivity index (χ4v) is 5.14. The smallest absolute Gasteiger partial charge is 0.335 e. The number of thiophene rings is 1. The number of hydrogen-bond donors (Lipinski definition) is 2. The highest BCUT2D eigenvalue weighted by molar-refractivity contribution is 7.94. The standard InChI is InChI=1S/C16H12FNO4S2/c1-9-13-8-11(17)5-6-14(13)23-16(9)24(21,22)18-12-4-2-3-10(7-12)15(19)20/h2-8,18H,1H3,(H,19,20). The van der Waals surface area contributed by atoms with Crippen LogP contribution in [0.2, 0.25) is 0 Å². The Balaban J connectivity index is 2.04. The average Bonchev–Trinajstić information content (AvgIpc) is 2.85. The van der Waals surface area contributed by atoms with Crippen LogP contribution in [0.4, 0.5) is 10.1 Å². The van der Waals surface area contributed by atoms with Crippen LogP contribution in [-0.4, -0.2) is 19.5 Å². The molecule has 0 bridgehead atoms. The zero-order valence-electron chi connectivity index (χ0n) is 12.4. The number of rotatable bonds is 4. The molecule has 24 heavy (non-hydrogen) atoms. The first-order chi connectivity index (χ1) is 11.3. The van der Waals surface area contributed by atoms with Crippen molar-refractivity contribution in [1.82, 2.24) is 0 Å². The normalized spacial score (nSPS) is 11.6. The fraction of sp³-hybridized carbons (Fsp3) is 0.0625. The van der Waals surface area contributed by atoms with E-state index < -0.39 is 21.8 Å². The minimum Gasteiger partial charge on any atom is -0.478 e. The lowest BCUT2D eigenvalue weighted by Crippen LogP contribution is -2.13. The third-order valence-corrected chi connectivity index (χ3v) is 6.73. The summed E-state index contributed by atoms with van der Waals surface area (Å²) in [4.78, 5) is 11.0. The van der Waals surface area contributed by atoms with Crippen molar-refractivity contribution in [3.63, 3.8) is 0 Å². The molecule has 0 saturated heterocycles. The van der Waals surface area contributed by atoms with Crippen LogP contribution in [0.5, 0.6) is 0 Å². The van der Waals surface area contributed by atoms with E-state index in [0.29, 0.717) is 15.6 Å².